The Bertz CT molecular complexity index is 927. The molecule has 0 saturated carbocycles. The molecule has 0 unspecified atom stereocenters. The maximum Gasteiger partial charge on any atom is 0.352 e. The molecular formula is C18H19FN4O3. The molecule has 1 N–H and O–H groups in total. The Labute approximate surface area is 149 Å². The molecule has 136 valence electrons. The first-order chi connectivity index (χ1) is 12.5. The van der Waals surface area contributed by atoms with Crippen LogP contribution in [0.5, 0.6) is 5.88 Å². The second-order valence-electron chi connectivity index (χ2n) is 6.57. The van der Waals surface area contributed by atoms with Crippen LogP contribution in [0.3, 0.4) is 0 Å². The van der Waals surface area contributed by atoms with Crippen molar-refractivity contribution in [3.63, 3.8) is 0 Å². The molecule has 0 bridgehead atoms. The van der Waals surface area contributed by atoms with Crippen LogP contribution >= 0.6 is 0 Å². The summed E-state index contributed by atoms with van der Waals surface area (Å²) in [6, 6.07) is 6.47. The molecule has 2 aromatic rings. The molecule has 2 aliphatic heterocycles. The predicted octanol–water partition coefficient (Wildman–Crippen LogP) is 0.963. The predicted molar refractivity (Wildman–Crippen MR) is 94.5 cm³/mol. The Kier molecular flexibility index (Phi) is 4.20. The highest BCUT2D eigenvalue weighted by molar-refractivity contribution is 5.80. The first kappa shape index (κ1) is 16.7. The Morgan fingerprint density at radius 1 is 1.42 bits per heavy atom. The van der Waals surface area contributed by atoms with Crippen LogP contribution in [0.2, 0.25) is 0 Å². The van der Waals surface area contributed by atoms with Crippen LogP contribution in [0.4, 0.5) is 10.2 Å². The fourth-order valence-corrected chi connectivity index (χ4v) is 3.59. The summed E-state index contributed by atoms with van der Waals surface area (Å²) in [5.41, 5.74) is 0.766. The van der Waals surface area contributed by atoms with Crippen molar-refractivity contribution in [2.45, 2.75) is 31.7 Å². The Balaban J connectivity index is 1.54. The average molecular weight is 358 g/mol. The lowest BCUT2D eigenvalue weighted by Crippen LogP contribution is -2.25. The molecule has 1 aromatic heterocycles. The quantitative estimate of drug-likeness (QED) is 0.824. The number of halogens is 1. The monoisotopic (exact) mass is 358 g/mol. The highest BCUT2D eigenvalue weighted by Gasteiger charge is 2.38. The lowest BCUT2D eigenvalue weighted by molar-refractivity contribution is 0.192. The minimum atomic E-state index is -0.376. The summed E-state index contributed by atoms with van der Waals surface area (Å²) in [5.74, 6) is 0.588. The maximum atomic E-state index is 13.7. The SMILES string of the molecule is CN=Cc1cc(COc2cc3n(c(=O)n2)C[C@@H]2C[C@H](O)CN32)ccc1F. The number of anilines is 1. The van der Waals surface area contributed by atoms with Crippen LogP contribution in [-0.4, -0.2) is 46.6 Å². The van der Waals surface area contributed by atoms with E-state index in [-0.39, 0.29) is 36.1 Å². The van der Waals surface area contributed by atoms with Crippen LogP contribution in [-0.2, 0) is 13.2 Å². The van der Waals surface area contributed by atoms with Crippen molar-refractivity contribution < 1.29 is 14.2 Å². The van der Waals surface area contributed by atoms with Crippen molar-refractivity contribution in [3.8, 4) is 5.88 Å². The summed E-state index contributed by atoms with van der Waals surface area (Å²) in [7, 11) is 1.58. The third kappa shape index (κ3) is 2.96. The van der Waals surface area contributed by atoms with Crippen molar-refractivity contribution in [3.05, 3.63) is 51.7 Å². The van der Waals surface area contributed by atoms with Crippen LogP contribution < -0.4 is 15.3 Å². The van der Waals surface area contributed by atoms with Gasteiger partial charge in [-0.05, 0) is 24.1 Å². The summed E-state index contributed by atoms with van der Waals surface area (Å²) in [6.07, 6.45) is 1.71. The van der Waals surface area contributed by atoms with E-state index in [1.165, 1.54) is 12.3 Å². The molecule has 0 radical (unpaired) electrons. The standard InChI is InChI=1S/C18H19FN4O3/c1-20-7-12-4-11(2-3-15(12)19)10-26-16-6-17-22-9-14(24)5-13(22)8-23(17)18(25)21-16/h2-4,6-7,13-14,24H,5,8-10H2,1H3/t13-,14-/m0/s1. The van der Waals surface area contributed by atoms with E-state index in [0.717, 1.165) is 11.4 Å². The molecule has 1 fully saturated rings. The van der Waals surface area contributed by atoms with Crippen molar-refractivity contribution in [2.24, 2.45) is 4.99 Å². The number of hydrogen-bond donors (Lipinski definition) is 1. The summed E-state index contributed by atoms with van der Waals surface area (Å²) in [6.45, 7) is 1.20. The molecular weight excluding hydrogens is 339 g/mol. The van der Waals surface area contributed by atoms with Gasteiger partial charge in [-0.1, -0.05) is 6.07 Å². The van der Waals surface area contributed by atoms with E-state index in [4.69, 9.17) is 4.74 Å². The number of rotatable bonds is 4. The first-order valence-corrected chi connectivity index (χ1v) is 8.45. The van der Waals surface area contributed by atoms with Gasteiger partial charge in [-0.3, -0.25) is 9.56 Å². The van der Waals surface area contributed by atoms with Gasteiger partial charge in [-0.25, -0.2) is 9.18 Å². The largest absolute Gasteiger partial charge is 0.473 e. The molecule has 3 heterocycles. The molecule has 4 rings (SSSR count). The molecule has 26 heavy (non-hydrogen) atoms. The second kappa shape index (κ2) is 6.53. The lowest BCUT2D eigenvalue weighted by atomic mass is 10.1. The number of aliphatic hydroxyl groups is 1. The smallest absolute Gasteiger partial charge is 0.352 e. The molecule has 2 atom stereocenters. The zero-order valence-electron chi connectivity index (χ0n) is 14.3. The zero-order chi connectivity index (χ0) is 18.3. The fourth-order valence-electron chi connectivity index (χ4n) is 3.59. The molecule has 0 amide bonds. The van der Waals surface area contributed by atoms with E-state index in [9.17, 15) is 14.3 Å². The number of hydrogen-bond acceptors (Lipinski definition) is 6. The minimum Gasteiger partial charge on any atom is -0.473 e. The van der Waals surface area contributed by atoms with E-state index < -0.39 is 0 Å². The zero-order valence-corrected chi connectivity index (χ0v) is 14.3. The molecule has 0 aliphatic carbocycles. The Morgan fingerprint density at radius 3 is 3.08 bits per heavy atom. The summed E-state index contributed by atoms with van der Waals surface area (Å²) < 4.78 is 20.9. The number of aliphatic hydroxyl groups excluding tert-OH is 1. The van der Waals surface area contributed by atoms with Crippen LogP contribution in [0.25, 0.3) is 0 Å². The van der Waals surface area contributed by atoms with E-state index >= 15 is 0 Å². The van der Waals surface area contributed by atoms with Crippen LogP contribution in [0.1, 0.15) is 17.5 Å². The molecule has 8 heteroatoms. The summed E-state index contributed by atoms with van der Waals surface area (Å²) in [5, 5.41) is 9.83. The minimum absolute atomic E-state index is 0.128. The summed E-state index contributed by atoms with van der Waals surface area (Å²) in [4.78, 5) is 22.1. The Morgan fingerprint density at radius 2 is 2.27 bits per heavy atom. The van der Waals surface area contributed by atoms with Gasteiger partial charge < -0.3 is 14.7 Å². The van der Waals surface area contributed by atoms with Gasteiger partial charge in [0.1, 0.15) is 18.2 Å². The Hall–Kier alpha value is -2.74. The van der Waals surface area contributed by atoms with Crippen molar-refractivity contribution in [1.29, 1.82) is 0 Å². The molecule has 1 aromatic carbocycles. The van der Waals surface area contributed by atoms with Crippen molar-refractivity contribution in [1.82, 2.24) is 9.55 Å². The van der Waals surface area contributed by atoms with E-state index in [0.29, 0.717) is 25.1 Å². The van der Waals surface area contributed by atoms with Gasteiger partial charge in [-0.15, -0.1) is 0 Å². The van der Waals surface area contributed by atoms with E-state index in [1.54, 1.807) is 29.8 Å². The fraction of sp³-hybridized carbons (Fsp3) is 0.389. The van der Waals surface area contributed by atoms with Crippen molar-refractivity contribution in [2.75, 3.05) is 18.5 Å². The third-order valence-corrected chi connectivity index (χ3v) is 4.76. The number of nitrogens with zero attached hydrogens (tertiary/aromatic N) is 4. The number of aromatic nitrogens is 2. The lowest BCUT2D eigenvalue weighted by Gasteiger charge is -2.17. The van der Waals surface area contributed by atoms with Gasteiger partial charge in [0.25, 0.3) is 0 Å². The molecule has 7 nitrogen and oxygen atoms in total. The molecule has 2 aliphatic rings. The van der Waals surface area contributed by atoms with Crippen molar-refractivity contribution >= 4 is 12.0 Å². The van der Waals surface area contributed by atoms with Gasteiger partial charge in [0.15, 0.2) is 0 Å². The van der Waals surface area contributed by atoms with Gasteiger partial charge in [-0.2, -0.15) is 4.98 Å². The van der Waals surface area contributed by atoms with Gasteiger partial charge in [0, 0.05) is 38.0 Å². The van der Waals surface area contributed by atoms with Gasteiger partial charge in [0.2, 0.25) is 5.88 Å². The molecule has 1 saturated heterocycles. The highest BCUT2D eigenvalue weighted by atomic mass is 19.1. The topological polar surface area (TPSA) is 80.0 Å². The number of aliphatic imine (C=N–C) groups is 1. The van der Waals surface area contributed by atoms with E-state index in [1.807, 2.05) is 4.90 Å². The molecule has 0 spiro atoms. The number of fused-ring (bicyclic) bond motifs is 3. The van der Waals surface area contributed by atoms with E-state index in [2.05, 4.69) is 9.98 Å². The van der Waals surface area contributed by atoms with Crippen LogP contribution in [0, 0.1) is 5.82 Å². The highest BCUT2D eigenvalue weighted by Crippen LogP contribution is 2.33. The third-order valence-electron chi connectivity index (χ3n) is 4.76. The second-order valence-corrected chi connectivity index (χ2v) is 6.57. The maximum absolute atomic E-state index is 13.7. The average Bonchev–Trinajstić information content (AvgIpc) is 3.13. The van der Waals surface area contributed by atoms with Crippen LogP contribution in [0.15, 0.2) is 34.1 Å². The first-order valence-electron chi connectivity index (χ1n) is 8.45. The van der Waals surface area contributed by atoms with Gasteiger partial charge >= 0.3 is 5.69 Å². The number of ether oxygens (including phenoxy) is 1. The summed E-state index contributed by atoms with van der Waals surface area (Å²) >= 11 is 0. The number of benzene rings is 1. The van der Waals surface area contributed by atoms with Gasteiger partial charge in [0.05, 0.1) is 12.1 Å². The normalized spacial score (nSPS) is 21.3.